The molecular weight excluding hydrogens is 330 g/mol. The van der Waals surface area contributed by atoms with E-state index in [0.717, 1.165) is 4.80 Å². The van der Waals surface area contributed by atoms with E-state index in [1.54, 1.807) is 34.9 Å². The van der Waals surface area contributed by atoms with Crippen LogP contribution in [0.25, 0.3) is 17.4 Å². The molecule has 7 nitrogen and oxygen atoms in total. The topological polar surface area (TPSA) is 90.6 Å². The van der Waals surface area contributed by atoms with Crippen LogP contribution in [0.5, 0.6) is 0 Å². The van der Waals surface area contributed by atoms with Gasteiger partial charge in [-0.3, -0.25) is 24.5 Å². The molecule has 0 fully saturated rings. The molecule has 0 unspecified atom stereocenters. The molecule has 0 aliphatic carbocycles. The van der Waals surface area contributed by atoms with E-state index in [4.69, 9.17) is 4.42 Å². The van der Waals surface area contributed by atoms with E-state index >= 15 is 0 Å². The molecule has 0 spiro atoms. The largest absolute Gasteiger partial charge is 0.457 e. The molecule has 2 aromatic heterocycles. The Morgan fingerprint density at radius 2 is 2.21 bits per heavy atom. The molecule has 0 bridgehead atoms. The molecule has 0 atom stereocenters. The van der Waals surface area contributed by atoms with Gasteiger partial charge in [0.2, 0.25) is 0 Å². The zero-order chi connectivity index (χ0) is 16.7. The molecule has 8 heteroatoms. The quantitative estimate of drug-likeness (QED) is 0.534. The highest BCUT2D eigenvalue weighted by Gasteiger charge is 2.12. The van der Waals surface area contributed by atoms with Crippen molar-refractivity contribution in [1.82, 2.24) is 4.57 Å². The summed E-state index contributed by atoms with van der Waals surface area (Å²) in [6.07, 6.45) is 1.68. The second kappa shape index (κ2) is 5.57. The van der Waals surface area contributed by atoms with Crippen molar-refractivity contribution in [1.29, 1.82) is 0 Å². The summed E-state index contributed by atoms with van der Waals surface area (Å²) < 4.78 is 7.93. The van der Waals surface area contributed by atoms with Crippen LogP contribution in [0.3, 0.4) is 0 Å². The average molecular weight is 341 g/mol. The van der Waals surface area contributed by atoms with Gasteiger partial charge in [0.25, 0.3) is 11.2 Å². The van der Waals surface area contributed by atoms with Crippen LogP contribution in [-0.2, 0) is 6.54 Å². The van der Waals surface area contributed by atoms with E-state index in [0.29, 0.717) is 34.7 Å². The Labute approximate surface area is 139 Å². The molecule has 0 radical (unpaired) electrons. The van der Waals surface area contributed by atoms with E-state index in [1.165, 1.54) is 23.5 Å². The van der Waals surface area contributed by atoms with Crippen LogP contribution in [-0.4, -0.2) is 16.0 Å². The van der Waals surface area contributed by atoms with E-state index in [2.05, 4.69) is 4.99 Å². The fourth-order valence-electron chi connectivity index (χ4n) is 2.56. The lowest BCUT2D eigenvalue weighted by atomic mass is 10.1. The fraction of sp³-hybridized carbons (Fsp3) is 0.125. The number of hydrogen-bond acceptors (Lipinski definition) is 6. The van der Waals surface area contributed by atoms with Crippen molar-refractivity contribution in [2.75, 3.05) is 6.54 Å². The van der Waals surface area contributed by atoms with Gasteiger partial charge in [-0.05, 0) is 12.1 Å². The Morgan fingerprint density at radius 1 is 1.33 bits per heavy atom. The first-order chi connectivity index (χ1) is 11.6. The third-order valence-corrected chi connectivity index (χ3v) is 4.74. The SMILES string of the molecule is O=c1/c(=C\c2ccc(-c3cccc([N+](=O)[O-])c3)o2)sc2n1CCN=2. The van der Waals surface area contributed by atoms with Crippen LogP contribution < -0.4 is 14.9 Å². The van der Waals surface area contributed by atoms with Gasteiger partial charge in [0, 0.05) is 30.3 Å². The lowest BCUT2D eigenvalue weighted by molar-refractivity contribution is -0.384. The van der Waals surface area contributed by atoms with Crippen LogP contribution in [0.1, 0.15) is 5.76 Å². The Kier molecular flexibility index (Phi) is 3.39. The first kappa shape index (κ1) is 14.6. The molecule has 3 aromatic rings. The molecule has 1 aliphatic rings. The number of furan rings is 1. The number of nitro groups is 1. The maximum atomic E-state index is 12.2. The van der Waals surface area contributed by atoms with Crippen molar-refractivity contribution >= 4 is 23.1 Å². The van der Waals surface area contributed by atoms with Crippen molar-refractivity contribution in [3.8, 4) is 11.3 Å². The lowest BCUT2D eigenvalue weighted by Gasteiger charge is -1.96. The predicted molar refractivity (Wildman–Crippen MR) is 88.6 cm³/mol. The Balaban J connectivity index is 1.74. The van der Waals surface area contributed by atoms with E-state index < -0.39 is 4.92 Å². The van der Waals surface area contributed by atoms with Gasteiger partial charge in [-0.1, -0.05) is 23.5 Å². The Morgan fingerprint density at radius 3 is 3.00 bits per heavy atom. The second-order valence-electron chi connectivity index (χ2n) is 5.24. The highest BCUT2D eigenvalue weighted by molar-refractivity contribution is 7.07. The van der Waals surface area contributed by atoms with Gasteiger partial charge in [0.15, 0.2) is 4.80 Å². The maximum absolute atomic E-state index is 12.2. The summed E-state index contributed by atoms with van der Waals surface area (Å²) in [5.74, 6) is 1.04. The number of non-ortho nitro benzene ring substituents is 1. The minimum atomic E-state index is -0.447. The van der Waals surface area contributed by atoms with Gasteiger partial charge in [0.1, 0.15) is 11.5 Å². The van der Waals surface area contributed by atoms with Crippen LogP contribution in [0, 0.1) is 10.1 Å². The van der Waals surface area contributed by atoms with Crippen LogP contribution in [0.2, 0.25) is 0 Å². The third-order valence-electron chi connectivity index (χ3n) is 3.70. The van der Waals surface area contributed by atoms with E-state index in [-0.39, 0.29) is 11.2 Å². The molecule has 3 heterocycles. The van der Waals surface area contributed by atoms with Crippen molar-refractivity contribution in [2.24, 2.45) is 4.99 Å². The van der Waals surface area contributed by atoms with Crippen molar-refractivity contribution in [2.45, 2.75) is 6.54 Å². The average Bonchev–Trinajstić information content (AvgIpc) is 3.28. The molecule has 0 saturated carbocycles. The number of thiazole rings is 1. The molecule has 120 valence electrons. The van der Waals surface area contributed by atoms with Crippen LogP contribution in [0.15, 0.2) is 50.6 Å². The zero-order valence-electron chi connectivity index (χ0n) is 12.3. The smallest absolute Gasteiger partial charge is 0.270 e. The monoisotopic (exact) mass is 341 g/mol. The predicted octanol–water partition coefficient (Wildman–Crippen LogP) is 1.54. The second-order valence-corrected chi connectivity index (χ2v) is 6.25. The highest BCUT2D eigenvalue weighted by atomic mass is 32.1. The van der Waals surface area contributed by atoms with Crippen LogP contribution >= 0.6 is 11.3 Å². The van der Waals surface area contributed by atoms with Gasteiger partial charge < -0.3 is 4.42 Å². The first-order valence-electron chi connectivity index (χ1n) is 7.22. The minimum Gasteiger partial charge on any atom is -0.457 e. The summed E-state index contributed by atoms with van der Waals surface area (Å²) in [7, 11) is 0. The maximum Gasteiger partial charge on any atom is 0.270 e. The van der Waals surface area contributed by atoms with Crippen LogP contribution in [0.4, 0.5) is 5.69 Å². The molecule has 1 aromatic carbocycles. The summed E-state index contributed by atoms with van der Waals surface area (Å²) in [5.41, 5.74) is 0.553. The molecule has 0 N–H and O–H groups in total. The number of aromatic nitrogens is 1. The van der Waals surface area contributed by atoms with E-state index in [1.807, 2.05) is 0 Å². The number of rotatable bonds is 3. The normalized spacial score (nSPS) is 13.8. The number of nitro benzene ring substituents is 1. The molecule has 1 aliphatic heterocycles. The molecule has 0 amide bonds. The lowest BCUT2D eigenvalue weighted by Crippen LogP contribution is -2.29. The number of fused-ring (bicyclic) bond motifs is 1. The Bertz CT molecular complexity index is 1120. The molecule has 0 saturated heterocycles. The summed E-state index contributed by atoms with van der Waals surface area (Å²) in [6.45, 7) is 1.27. The number of nitrogens with zero attached hydrogens (tertiary/aromatic N) is 3. The van der Waals surface area contributed by atoms with Gasteiger partial charge in [-0.25, -0.2) is 0 Å². The van der Waals surface area contributed by atoms with Gasteiger partial charge >= 0.3 is 0 Å². The zero-order valence-corrected chi connectivity index (χ0v) is 13.2. The number of hydrogen-bond donors (Lipinski definition) is 0. The third kappa shape index (κ3) is 2.46. The van der Waals surface area contributed by atoms with Gasteiger partial charge in [-0.15, -0.1) is 0 Å². The fourth-order valence-corrected chi connectivity index (χ4v) is 3.57. The van der Waals surface area contributed by atoms with Gasteiger partial charge in [-0.2, -0.15) is 0 Å². The number of benzene rings is 1. The summed E-state index contributed by atoms with van der Waals surface area (Å²) in [4.78, 5) is 27.6. The highest BCUT2D eigenvalue weighted by Crippen LogP contribution is 2.25. The van der Waals surface area contributed by atoms with Crippen molar-refractivity contribution < 1.29 is 9.34 Å². The first-order valence-corrected chi connectivity index (χ1v) is 8.04. The van der Waals surface area contributed by atoms with Gasteiger partial charge in [0.05, 0.1) is 16.0 Å². The minimum absolute atomic E-state index is 0.00367. The standard InChI is InChI=1S/C16H11N3O4S/c20-15-14(24-16-17-6-7-18(15)16)9-12-4-5-13(23-12)10-2-1-3-11(8-10)19(21)22/h1-5,8-9H,6-7H2/b14-9+. The van der Waals surface area contributed by atoms with E-state index in [9.17, 15) is 14.9 Å². The summed E-state index contributed by atoms with van der Waals surface area (Å²) >= 11 is 1.33. The van der Waals surface area contributed by atoms with Crippen molar-refractivity contribution in [3.05, 3.63) is 72.0 Å². The summed E-state index contributed by atoms with van der Waals surface area (Å²) in [5, 5.41) is 10.9. The molecule has 4 rings (SSSR count). The van der Waals surface area contributed by atoms with Crippen molar-refractivity contribution in [3.63, 3.8) is 0 Å². The Hall–Kier alpha value is -3.00. The molecule has 24 heavy (non-hydrogen) atoms. The molecular formula is C16H11N3O4S. The summed E-state index contributed by atoms with van der Waals surface area (Å²) in [6, 6.07) is 9.70.